The van der Waals surface area contributed by atoms with E-state index >= 15 is 0 Å². The lowest BCUT2D eigenvalue weighted by atomic mass is 10.0. The van der Waals surface area contributed by atoms with E-state index in [0.29, 0.717) is 6.54 Å². The van der Waals surface area contributed by atoms with Crippen LogP contribution in [0.25, 0.3) is 0 Å². The van der Waals surface area contributed by atoms with Crippen molar-refractivity contribution in [1.29, 1.82) is 0 Å². The normalized spacial score (nSPS) is 12.6. The van der Waals surface area contributed by atoms with Gasteiger partial charge in [0.25, 0.3) is 0 Å². The summed E-state index contributed by atoms with van der Waals surface area (Å²) in [6, 6.07) is 18.6. The summed E-state index contributed by atoms with van der Waals surface area (Å²) in [6.07, 6.45) is 1.01. The van der Waals surface area contributed by atoms with Gasteiger partial charge in [-0.25, -0.2) is 0 Å². The molecule has 0 saturated carbocycles. The largest absolute Gasteiger partial charge is 0.329 e. The second-order valence-electron chi connectivity index (χ2n) is 4.99. The van der Waals surface area contributed by atoms with Crippen LogP contribution in [0.3, 0.4) is 0 Å². The molecule has 2 rings (SSSR count). The van der Waals surface area contributed by atoms with Crippen LogP contribution >= 0.6 is 11.6 Å². The zero-order chi connectivity index (χ0) is 14.4. The second-order valence-corrected chi connectivity index (χ2v) is 5.40. The predicted molar refractivity (Wildman–Crippen MR) is 86.0 cm³/mol. The fraction of sp³-hybridized carbons (Fsp3) is 0.294. The van der Waals surface area contributed by atoms with E-state index in [-0.39, 0.29) is 6.04 Å². The highest BCUT2D eigenvalue weighted by Crippen LogP contribution is 2.25. The number of hydrogen-bond acceptors (Lipinski definition) is 2. The van der Waals surface area contributed by atoms with Crippen LogP contribution in [0.5, 0.6) is 0 Å². The van der Waals surface area contributed by atoms with Crippen LogP contribution in [-0.2, 0) is 6.42 Å². The van der Waals surface area contributed by atoms with Crippen LogP contribution in [0.2, 0.25) is 5.02 Å². The average Bonchev–Trinajstić information content (AvgIpc) is 2.49. The maximum atomic E-state index is 6.28. The van der Waals surface area contributed by atoms with Gasteiger partial charge in [0.15, 0.2) is 0 Å². The van der Waals surface area contributed by atoms with Crippen LogP contribution in [-0.4, -0.2) is 25.0 Å². The van der Waals surface area contributed by atoms with Crippen molar-refractivity contribution in [2.45, 2.75) is 12.5 Å². The van der Waals surface area contributed by atoms with Gasteiger partial charge in [0.05, 0.1) is 0 Å². The van der Waals surface area contributed by atoms with Crippen molar-refractivity contribution in [1.82, 2.24) is 4.90 Å². The molecule has 2 nitrogen and oxygen atoms in total. The minimum absolute atomic E-state index is 0.160. The van der Waals surface area contributed by atoms with E-state index in [1.54, 1.807) is 0 Å². The molecule has 0 spiro atoms. The van der Waals surface area contributed by atoms with Gasteiger partial charge in [-0.2, -0.15) is 0 Å². The van der Waals surface area contributed by atoms with Gasteiger partial charge in [0, 0.05) is 24.2 Å². The molecule has 1 unspecified atom stereocenters. The lowest BCUT2D eigenvalue weighted by Gasteiger charge is -2.28. The van der Waals surface area contributed by atoms with Crippen molar-refractivity contribution in [2.24, 2.45) is 5.73 Å². The summed E-state index contributed by atoms with van der Waals surface area (Å²) in [6.45, 7) is 1.52. The first-order chi connectivity index (χ1) is 9.72. The van der Waals surface area contributed by atoms with Gasteiger partial charge in [-0.1, -0.05) is 60.1 Å². The maximum absolute atomic E-state index is 6.28. The molecular formula is C17H21ClN2. The minimum atomic E-state index is 0.160. The van der Waals surface area contributed by atoms with Gasteiger partial charge in [-0.15, -0.1) is 0 Å². The van der Waals surface area contributed by atoms with Gasteiger partial charge in [-0.3, -0.25) is 4.90 Å². The van der Waals surface area contributed by atoms with Crippen LogP contribution in [0.15, 0.2) is 54.6 Å². The van der Waals surface area contributed by atoms with Gasteiger partial charge < -0.3 is 5.73 Å². The molecule has 0 amide bonds. The van der Waals surface area contributed by atoms with E-state index in [1.165, 1.54) is 5.56 Å². The highest BCUT2D eigenvalue weighted by Gasteiger charge is 2.17. The fourth-order valence-electron chi connectivity index (χ4n) is 2.40. The Morgan fingerprint density at radius 2 is 1.70 bits per heavy atom. The van der Waals surface area contributed by atoms with Crippen LogP contribution in [0.4, 0.5) is 0 Å². The Balaban J connectivity index is 2.03. The first kappa shape index (κ1) is 15.0. The SMILES string of the molecule is CN(CCc1ccccc1)C(CN)c1ccccc1Cl. The average molecular weight is 289 g/mol. The van der Waals surface area contributed by atoms with Crippen molar-refractivity contribution in [3.63, 3.8) is 0 Å². The van der Waals surface area contributed by atoms with E-state index in [0.717, 1.165) is 23.6 Å². The molecule has 0 aliphatic carbocycles. The molecule has 0 aromatic heterocycles. The molecule has 0 aliphatic heterocycles. The molecule has 2 aromatic carbocycles. The number of nitrogens with two attached hydrogens (primary N) is 1. The van der Waals surface area contributed by atoms with Crippen molar-refractivity contribution >= 4 is 11.6 Å². The standard InChI is InChI=1S/C17H21ClN2/c1-20(12-11-14-7-3-2-4-8-14)17(13-19)15-9-5-6-10-16(15)18/h2-10,17H,11-13,19H2,1H3. The molecule has 0 aliphatic rings. The van der Waals surface area contributed by atoms with Crippen molar-refractivity contribution in [3.05, 3.63) is 70.7 Å². The van der Waals surface area contributed by atoms with E-state index in [1.807, 2.05) is 24.3 Å². The van der Waals surface area contributed by atoms with Crippen LogP contribution in [0, 0.1) is 0 Å². The summed E-state index contributed by atoms with van der Waals surface area (Å²) in [5, 5.41) is 0.787. The molecule has 2 N–H and O–H groups in total. The topological polar surface area (TPSA) is 29.3 Å². The van der Waals surface area contributed by atoms with E-state index in [2.05, 4.69) is 42.3 Å². The summed E-state index contributed by atoms with van der Waals surface area (Å²) in [4.78, 5) is 2.27. The Labute approximate surface area is 126 Å². The second kappa shape index (κ2) is 7.44. The summed E-state index contributed by atoms with van der Waals surface area (Å²) in [5.41, 5.74) is 8.39. The monoisotopic (exact) mass is 288 g/mol. The molecule has 0 radical (unpaired) electrons. The number of benzene rings is 2. The molecule has 20 heavy (non-hydrogen) atoms. The molecular weight excluding hydrogens is 268 g/mol. The van der Waals surface area contributed by atoms with Gasteiger partial charge in [0.2, 0.25) is 0 Å². The number of halogens is 1. The molecule has 0 fully saturated rings. The number of nitrogens with zero attached hydrogens (tertiary/aromatic N) is 1. The molecule has 2 aromatic rings. The number of likely N-dealkylation sites (N-methyl/N-ethyl adjacent to an activating group) is 1. The molecule has 0 saturated heterocycles. The Morgan fingerprint density at radius 1 is 1.05 bits per heavy atom. The summed E-state index contributed by atoms with van der Waals surface area (Å²) >= 11 is 6.28. The van der Waals surface area contributed by atoms with Gasteiger partial charge in [0.1, 0.15) is 0 Å². The Morgan fingerprint density at radius 3 is 2.35 bits per heavy atom. The first-order valence-electron chi connectivity index (χ1n) is 6.91. The van der Waals surface area contributed by atoms with Gasteiger partial charge in [-0.05, 0) is 30.7 Å². The van der Waals surface area contributed by atoms with Crippen molar-refractivity contribution in [3.8, 4) is 0 Å². The third-order valence-corrected chi connectivity index (χ3v) is 3.96. The highest BCUT2D eigenvalue weighted by atomic mass is 35.5. The molecule has 0 heterocycles. The summed E-state index contributed by atoms with van der Waals surface area (Å²) in [5.74, 6) is 0. The maximum Gasteiger partial charge on any atom is 0.0482 e. The Kier molecular flexibility index (Phi) is 5.60. The van der Waals surface area contributed by atoms with Crippen LogP contribution in [0.1, 0.15) is 17.2 Å². The summed E-state index contributed by atoms with van der Waals surface area (Å²) < 4.78 is 0. The molecule has 0 bridgehead atoms. The lowest BCUT2D eigenvalue weighted by Crippen LogP contribution is -2.32. The van der Waals surface area contributed by atoms with E-state index in [4.69, 9.17) is 17.3 Å². The lowest BCUT2D eigenvalue weighted by molar-refractivity contribution is 0.253. The van der Waals surface area contributed by atoms with Crippen LogP contribution < -0.4 is 5.73 Å². The molecule has 106 valence electrons. The van der Waals surface area contributed by atoms with Gasteiger partial charge >= 0.3 is 0 Å². The predicted octanol–water partition coefficient (Wildman–Crippen LogP) is 3.51. The molecule has 1 atom stereocenters. The Bertz CT molecular complexity index is 528. The first-order valence-corrected chi connectivity index (χ1v) is 7.29. The van der Waals surface area contributed by atoms with E-state index in [9.17, 15) is 0 Å². The number of hydrogen-bond donors (Lipinski definition) is 1. The minimum Gasteiger partial charge on any atom is -0.329 e. The zero-order valence-electron chi connectivity index (χ0n) is 11.8. The van der Waals surface area contributed by atoms with Crippen molar-refractivity contribution < 1.29 is 0 Å². The van der Waals surface area contributed by atoms with E-state index < -0.39 is 0 Å². The third-order valence-electron chi connectivity index (χ3n) is 3.62. The number of rotatable bonds is 6. The van der Waals surface area contributed by atoms with Crippen molar-refractivity contribution in [2.75, 3.05) is 20.1 Å². The highest BCUT2D eigenvalue weighted by molar-refractivity contribution is 6.31. The third kappa shape index (κ3) is 3.83. The molecule has 3 heteroatoms. The smallest absolute Gasteiger partial charge is 0.0482 e. The quantitative estimate of drug-likeness (QED) is 0.881. The fourth-order valence-corrected chi connectivity index (χ4v) is 2.66. The Hall–Kier alpha value is -1.35. The zero-order valence-corrected chi connectivity index (χ0v) is 12.6. The summed E-state index contributed by atoms with van der Waals surface area (Å²) in [7, 11) is 2.10.